The van der Waals surface area contributed by atoms with Gasteiger partial charge in [-0.1, -0.05) is 48.5 Å². The SMILES string of the molecule is Nc1nc2ccccc2c2cc(C(F)Cc3ccccc3)cnc12. The van der Waals surface area contributed by atoms with E-state index in [2.05, 4.69) is 9.97 Å². The molecule has 0 spiro atoms. The van der Waals surface area contributed by atoms with E-state index in [0.717, 1.165) is 21.9 Å². The first kappa shape index (κ1) is 14.6. The number of para-hydroxylation sites is 1. The molecule has 1 unspecified atom stereocenters. The summed E-state index contributed by atoms with van der Waals surface area (Å²) in [6.07, 6.45) is 0.771. The Kier molecular flexibility index (Phi) is 3.58. The maximum absolute atomic E-state index is 14.8. The van der Waals surface area contributed by atoms with Gasteiger partial charge in [0.2, 0.25) is 0 Å². The fraction of sp³-hybridized carbons (Fsp3) is 0.100. The number of aromatic nitrogens is 2. The van der Waals surface area contributed by atoms with Crippen LogP contribution in [0.2, 0.25) is 0 Å². The molecule has 3 nitrogen and oxygen atoms in total. The second kappa shape index (κ2) is 5.89. The van der Waals surface area contributed by atoms with E-state index in [1.54, 1.807) is 6.20 Å². The predicted molar refractivity (Wildman–Crippen MR) is 95.5 cm³/mol. The lowest BCUT2D eigenvalue weighted by Gasteiger charge is -2.11. The first-order chi connectivity index (χ1) is 11.7. The Morgan fingerprint density at radius 1 is 0.958 bits per heavy atom. The number of hydrogen-bond donors (Lipinski definition) is 1. The van der Waals surface area contributed by atoms with Gasteiger partial charge in [0, 0.05) is 29.0 Å². The van der Waals surface area contributed by atoms with Gasteiger partial charge in [-0.3, -0.25) is 4.98 Å². The van der Waals surface area contributed by atoms with E-state index in [9.17, 15) is 4.39 Å². The number of alkyl halides is 1. The lowest BCUT2D eigenvalue weighted by atomic mass is 10.0. The number of fused-ring (bicyclic) bond motifs is 3. The molecule has 4 aromatic rings. The summed E-state index contributed by atoms with van der Waals surface area (Å²) >= 11 is 0. The van der Waals surface area contributed by atoms with Crippen LogP contribution < -0.4 is 5.73 Å². The molecule has 118 valence electrons. The van der Waals surface area contributed by atoms with Crippen LogP contribution in [-0.2, 0) is 6.42 Å². The van der Waals surface area contributed by atoms with Crippen LogP contribution in [-0.4, -0.2) is 9.97 Å². The summed E-state index contributed by atoms with van der Waals surface area (Å²) in [4.78, 5) is 8.73. The van der Waals surface area contributed by atoms with E-state index in [-0.39, 0.29) is 0 Å². The van der Waals surface area contributed by atoms with Crippen molar-refractivity contribution in [1.29, 1.82) is 0 Å². The van der Waals surface area contributed by atoms with Gasteiger partial charge in [-0.2, -0.15) is 0 Å². The minimum atomic E-state index is -1.11. The van der Waals surface area contributed by atoms with Gasteiger partial charge in [0.25, 0.3) is 0 Å². The minimum Gasteiger partial charge on any atom is -0.382 e. The molecular formula is C20H16FN3. The van der Waals surface area contributed by atoms with Crippen LogP contribution in [0.1, 0.15) is 17.3 Å². The third-order valence-electron chi connectivity index (χ3n) is 4.21. The molecule has 0 saturated heterocycles. The maximum atomic E-state index is 14.8. The lowest BCUT2D eigenvalue weighted by Crippen LogP contribution is -2.00. The number of pyridine rings is 2. The molecule has 0 fully saturated rings. The van der Waals surface area contributed by atoms with Crippen molar-refractivity contribution in [3.05, 3.63) is 78.0 Å². The van der Waals surface area contributed by atoms with Gasteiger partial charge < -0.3 is 5.73 Å². The third-order valence-corrected chi connectivity index (χ3v) is 4.21. The van der Waals surface area contributed by atoms with Gasteiger partial charge in [-0.05, 0) is 17.7 Å². The van der Waals surface area contributed by atoms with E-state index < -0.39 is 6.17 Å². The van der Waals surface area contributed by atoms with Crippen molar-refractivity contribution < 1.29 is 4.39 Å². The van der Waals surface area contributed by atoms with E-state index in [4.69, 9.17) is 5.73 Å². The van der Waals surface area contributed by atoms with Gasteiger partial charge in [-0.25, -0.2) is 9.37 Å². The van der Waals surface area contributed by atoms with Gasteiger partial charge in [0.1, 0.15) is 11.7 Å². The van der Waals surface area contributed by atoms with Crippen LogP contribution in [0.15, 0.2) is 66.9 Å². The first-order valence-electron chi connectivity index (χ1n) is 7.84. The molecule has 4 rings (SSSR count). The van der Waals surface area contributed by atoms with Crippen molar-refractivity contribution in [3.63, 3.8) is 0 Å². The van der Waals surface area contributed by atoms with Crippen LogP contribution in [0.4, 0.5) is 10.2 Å². The normalized spacial score (nSPS) is 12.5. The molecule has 0 amide bonds. The molecule has 2 aromatic carbocycles. The Hall–Kier alpha value is -3.01. The predicted octanol–water partition coefficient (Wildman–Crippen LogP) is 4.62. The van der Waals surface area contributed by atoms with Gasteiger partial charge in [0.05, 0.1) is 5.52 Å². The summed E-state index contributed by atoms with van der Waals surface area (Å²) in [5.41, 5.74) is 8.93. The summed E-state index contributed by atoms with van der Waals surface area (Å²) in [5, 5.41) is 1.77. The molecule has 2 heterocycles. The molecule has 1 atom stereocenters. The highest BCUT2D eigenvalue weighted by molar-refractivity contribution is 6.08. The Labute approximate surface area is 139 Å². The van der Waals surface area contributed by atoms with Gasteiger partial charge in [-0.15, -0.1) is 0 Å². The Morgan fingerprint density at radius 3 is 2.54 bits per heavy atom. The standard InChI is InChI=1S/C20H16FN3/c21-17(10-13-6-2-1-3-7-13)14-11-16-15-8-4-5-9-18(15)24-20(22)19(16)23-12-14/h1-9,11-12,17H,10H2,(H2,22,24). The summed E-state index contributed by atoms with van der Waals surface area (Å²) < 4.78 is 14.8. The second-order valence-corrected chi connectivity index (χ2v) is 5.84. The largest absolute Gasteiger partial charge is 0.382 e. The summed E-state index contributed by atoms with van der Waals surface area (Å²) in [6.45, 7) is 0. The average molecular weight is 317 g/mol. The number of nitrogens with two attached hydrogens (primary N) is 1. The number of anilines is 1. The fourth-order valence-corrected chi connectivity index (χ4v) is 2.98. The average Bonchev–Trinajstić information content (AvgIpc) is 2.62. The Bertz CT molecular complexity index is 1020. The molecular weight excluding hydrogens is 301 g/mol. The smallest absolute Gasteiger partial charge is 0.150 e. The van der Waals surface area contributed by atoms with Crippen LogP contribution >= 0.6 is 0 Å². The van der Waals surface area contributed by atoms with Gasteiger partial charge >= 0.3 is 0 Å². The zero-order valence-electron chi connectivity index (χ0n) is 13.0. The van der Waals surface area contributed by atoms with Crippen LogP contribution in [0.3, 0.4) is 0 Å². The monoisotopic (exact) mass is 317 g/mol. The van der Waals surface area contributed by atoms with E-state index >= 15 is 0 Å². The van der Waals surface area contributed by atoms with E-state index in [1.165, 1.54) is 0 Å². The Balaban J connectivity index is 1.81. The topological polar surface area (TPSA) is 51.8 Å². The number of nitrogens with zero attached hydrogens (tertiary/aromatic N) is 2. The number of halogens is 1. The Morgan fingerprint density at radius 2 is 1.71 bits per heavy atom. The second-order valence-electron chi connectivity index (χ2n) is 5.84. The molecule has 0 bridgehead atoms. The number of nitrogen functional groups attached to an aromatic ring is 1. The number of rotatable bonds is 3. The quantitative estimate of drug-likeness (QED) is 0.561. The van der Waals surface area contributed by atoms with Crippen molar-refractivity contribution in [1.82, 2.24) is 9.97 Å². The van der Waals surface area contributed by atoms with E-state index in [1.807, 2.05) is 60.7 Å². The molecule has 2 aromatic heterocycles. The highest BCUT2D eigenvalue weighted by atomic mass is 19.1. The van der Waals surface area contributed by atoms with Crippen LogP contribution in [0, 0.1) is 0 Å². The number of hydrogen-bond acceptors (Lipinski definition) is 3. The first-order valence-corrected chi connectivity index (χ1v) is 7.84. The van der Waals surface area contributed by atoms with Crippen molar-refractivity contribution in [2.45, 2.75) is 12.6 Å². The molecule has 24 heavy (non-hydrogen) atoms. The highest BCUT2D eigenvalue weighted by Crippen LogP contribution is 2.30. The maximum Gasteiger partial charge on any atom is 0.150 e. The zero-order valence-corrected chi connectivity index (χ0v) is 13.0. The van der Waals surface area contributed by atoms with Crippen LogP contribution in [0.5, 0.6) is 0 Å². The summed E-state index contributed by atoms with van der Waals surface area (Å²) in [7, 11) is 0. The van der Waals surface area contributed by atoms with Crippen molar-refractivity contribution in [3.8, 4) is 0 Å². The fourth-order valence-electron chi connectivity index (χ4n) is 2.98. The molecule has 4 heteroatoms. The highest BCUT2D eigenvalue weighted by Gasteiger charge is 2.14. The van der Waals surface area contributed by atoms with Crippen molar-refractivity contribution >= 4 is 27.6 Å². The van der Waals surface area contributed by atoms with Crippen molar-refractivity contribution in [2.24, 2.45) is 0 Å². The van der Waals surface area contributed by atoms with E-state index in [0.29, 0.717) is 23.3 Å². The third kappa shape index (κ3) is 2.56. The molecule has 0 saturated carbocycles. The molecule has 0 aliphatic carbocycles. The molecule has 0 aliphatic heterocycles. The van der Waals surface area contributed by atoms with Crippen molar-refractivity contribution in [2.75, 3.05) is 5.73 Å². The number of benzene rings is 2. The zero-order chi connectivity index (χ0) is 16.5. The lowest BCUT2D eigenvalue weighted by molar-refractivity contribution is 0.342. The summed E-state index contributed by atoms with van der Waals surface area (Å²) in [6, 6.07) is 19.2. The molecule has 0 aliphatic rings. The van der Waals surface area contributed by atoms with Crippen LogP contribution in [0.25, 0.3) is 21.8 Å². The molecule has 2 N–H and O–H groups in total. The van der Waals surface area contributed by atoms with Gasteiger partial charge in [0.15, 0.2) is 5.82 Å². The molecule has 0 radical (unpaired) electrons. The minimum absolute atomic E-state index is 0.326. The summed E-state index contributed by atoms with van der Waals surface area (Å²) in [5.74, 6) is 0.369.